The Morgan fingerprint density at radius 3 is 2.64 bits per heavy atom. The summed E-state index contributed by atoms with van der Waals surface area (Å²) in [7, 11) is 0. The van der Waals surface area contributed by atoms with Gasteiger partial charge in [-0.1, -0.05) is 6.08 Å². The third-order valence-electron chi connectivity index (χ3n) is 5.70. The highest BCUT2D eigenvalue weighted by Gasteiger charge is 2.41. The maximum absolute atomic E-state index is 13.2. The van der Waals surface area contributed by atoms with E-state index in [1.165, 1.54) is 6.08 Å². The van der Waals surface area contributed by atoms with Crippen molar-refractivity contribution in [1.82, 2.24) is 5.32 Å². The van der Waals surface area contributed by atoms with Gasteiger partial charge in [-0.2, -0.15) is 13.2 Å². The molecule has 0 aromatic heterocycles. The van der Waals surface area contributed by atoms with Crippen LogP contribution < -0.4 is 10.1 Å². The molecule has 148 valence electrons. The van der Waals surface area contributed by atoms with Gasteiger partial charge in [0.1, 0.15) is 11.9 Å². The first-order chi connectivity index (χ1) is 13.3. The average molecular weight is 391 g/mol. The van der Waals surface area contributed by atoms with E-state index in [2.05, 4.69) is 5.32 Å². The first kappa shape index (κ1) is 18.8. The summed E-state index contributed by atoms with van der Waals surface area (Å²) in [4.78, 5) is 24.2. The van der Waals surface area contributed by atoms with E-state index in [9.17, 15) is 22.8 Å². The van der Waals surface area contributed by atoms with Crippen LogP contribution in [-0.2, 0) is 11.0 Å². The Kier molecular flexibility index (Phi) is 4.77. The molecule has 1 N–H and O–H groups in total. The number of rotatable bonds is 4. The van der Waals surface area contributed by atoms with E-state index >= 15 is 0 Å². The number of allylic oxidation sites excluding steroid dienone is 3. The number of amides is 1. The molecule has 1 aromatic carbocycles. The van der Waals surface area contributed by atoms with Crippen LogP contribution in [0.4, 0.5) is 13.2 Å². The van der Waals surface area contributed by atoms with Gasteiger partial charge in [0.25, 0.3) is 5.91 Å². The zero-order chi connectivity index (χ0) is 19.9. The Balaban J connectivity index is 1.60. The molecule has 3 atom stereocenters. The van der Waals surface area contributed by atoms with Crippen molar-refractivity contribution >= 4 is 11.7 Å². The highest BCUT2D eigenvalue weighted by molar-refractivity contribution is 6.00. The van der Waals surface area contributed by atoms with Gasteiger partial charge in [-0.05, 0) is 61.8 Å². The van der Waals surface area contributed by atoms with E-state index in [0.29, 0.717) is 17.5 Å². The molecule has 7 heteroatoms. The molecule has 2 bridgehead atoms. The summed E-state index contributed by atoms with van der Waals surface area (Å²) in [6.07, 6.45) is 4.08. The van der Waals surface area contributed by atoms with Gasteiger partial charge < -0.3 is 10.1 Å². The predicted octanol–water partition coefficient (Wildman–Crippen LogP) is 4.42. The minimum Gasteiger partial charge on any atom is -0.489 e. The summed E-state index contributed by atoms with van der Waals surface area (Å²) in [5.74, 6) is 0.0800. The molecule has 3 aliphatic rings. The monoisotopic (exact) mass is 391 g/mol. The number of ether oxygens (including phenoxy) is 1. The number of ketones is 1. The molecule has 4 nitrogen and oxygen atoms in total. The van der Waals surface area contributed by atoms with E-state index in [1.54, 1.807) is 12.2 Å². The summed E-state index contributed by atoms with van der Waals surface area (Å²) in [6, 6.07) is 2.91. The molecule has 2 saturated carbocycles. The lowest BCUT2D eigenvalue weighted by Crippen LogP contribution is -2.27. The molecule has 1 aromatic rings. The second-order valence-electron chi connectivity index (χ2n) is 7.67. The van der Waals surface area contributed by atoms with Crippen LogP contribution >= 0.6 is 0 Å². The summed E-state index contributed by atoms with van der Waals surface area (Å²) >= 11 is 0. The van der Waals surface area contributed by atoms with Gasteiger partial charge in [0, 0.05) is 18.2 Å². The van der Waals surface area contributed by atoms with Crippen LogP contribution in [0.5, 0.6) is 5.75 Å². The third kappa shape index (κ3) is 3.84. The van der Waals surface area contributed by atoms with Crippen LogP contribution in [0.3, 0.4) is 0 Å². The number of fused-ring (bicyclic) bond motifs is 2. The third-order valence-corrected chi connectivity index (χ3v) is 5.70. The van der Waals surface area contributed by atoms with Crippen molar-refractivity contribution in [3.05, 3.63) is 53.3 Å². The molecule has 3 aliphatic carbocycles. The lowest BCUT2D eigenvalue weighted by atomic mass is 9.97. The number of nitrogens with one attached hydrogen (secondary N) is 1. The van der Waals surface area contributed by atoms with Gasteiger partial charge in [0.2, 0.25) is 0 Å². The van der Waals surface area contributed by atoms with Crippen molar-refractivity contribution in [2.75, 3.05) is 0 Å². The standard InChI is InChI=1S/C21H20F3NO3/c22-21(23,24)14-6-7-17(20(27)25-15-2-1-3-16(26)11-15)19(10-14)28-18-9-12-4-5-13(18)8-12/h1-2,6-7,10-13,18H,3-5,8-9H2,(H,25,27). The summed E-state index contributed by atoms with van der Waals surface area (Å²) in [5, 5.41) is 2.58. The zero-order valence-electron chi connectivity index (χ0n) is 15.1. The van der Waals surface area contributed by atoms with Crippen LogP contribution in [0.1, 0.15) is 48.0 Å². The zero-order valence-corrected chi connectivity index (χ0v) is 15.1. The van der Waals surface area contributed by atoms with Crippen molar-refractivity contribution in [3.8, 4) is 5.75 Å². The molecule has 4 rings (SSSR count). The number of hydrogen-bond acceptors (Lipinski definition) is 3. The molecule has 28 heavy (non-hydrogen) atoms. The van der Waals surface area contributed by atoms with Gasteiger partial charge in [-0.15, -0.1) is 0 Å². The molecule has 1 amide bonds. The van der Waals surface area contributed by atoms with E-state index in [4.69, 9.17) is 4.74 Å². The van der Waals surface area contributed by atoms with Crippen LogP contribution in [0.2, 0.25) is 0 Å². The van der Waals surface area contributed by atoms with Gasteiger partial charge in [0.15, 0.2) is 5.78 Å². The maximum atomic E-state index is 13.2. The molecule has 0 heterocycles. The predicted molar refractivity (Wildman–Crippen MR) is 95.6 cm³/mol. The number of halogens is 3. The van der Waals surface area contributed by atoms with Crippen molar-refractivity contribution < 1.29 is 27.5 Å². The van der Waals surface area contributed by atoms with Gasteiger partial charge >= 0.3 is 6.18 Å². The Morgan fingerprint density at radius 1 is 1.18 bits per heavy atom. The lowest BCUT2D eigenvalue weighted by molar-refractivity contribution is -0.137. The van der Waals surface area contributed by atoms with Crippen LogP contribution in [-0.4, -0.2) is 17.8 Å². The second kappa shape index (κ2) is 7.11. The van der Waals surface area contributed by atoms with Crippen LogP contribution in [0.25, 0.3) is 0 Å². The molecule has 3 unspecified atom stereocenters. The van der Waals surface area contributed by atoms with Crippen molar-refractivity contribution in [2.24, 2.45) is 11.8 Å². The average Bonchev–Trinajstić information content (AvgIpc) is 3.24. The Morgan fingerprint density at radius 2 is 2.00 bits per heavy atom. The molecular formula is C21H20F3NO3. The molecule has 2 fully saturated rings. The summed E-state index contributed by atoms with van der Waals surface area (Å²) < 4.78 is 45.4. The number of carbonyl (C=O) groups is 2. The molecule has 0 radical (unpaired) electrons. The largest absolute Gasteiger partial charge is 0.489 e. The topological polar surface area (TPSA) is 55.4 Å². The Hall–Kier alpha value is -2.57. The second-order valence-corrected chi connectivity index (χ2v) is 7.67. The number of hydrogen-bond donors (Lipinski definition) is 1. The Bertz CT molecular complexity index is 872. The van der Waals surface area contributed by atoms with E-state index in [1.807, 2.05) is 0 Å². The Labute approximate surface area is 160 Å². The van der Waals surface area contributed by atoms with Crippen molar-refractivity contribution in [2.45, 2.75) is 44.4 Å². The summed E-state index contributed by atoms with van der Waals surface area (Å²) in [6.45, 7) is 0. The van der Waals surface area contributed by atoms with Crippen LogP contribution in [0.15, 0.2) is 42.1 Å². The van der Waals surface area contributed by atoms with Gasteiger partial charge in [-0.3, -0.25) is 9.59 Å². The van der Waals surface area contributed by atoms with Crippen LogP contribution in [0, 0.1) is 11.8 Å². The smallest absolute Gasteiger partial charge is 0.416 e. The summed E-state index contributed by atoms with van der Waals surface area (Å²) in [5.41, 5.74) is -0.510. The first-order valence-corrected chi connectivity index (χ1v) is 9.40. The van der Waals surface area contributed by atoms with Crippen molar-refractivity contribution in [1.29, 1.82) is 0 Å². The highest BCUT2D eigenvalue weighted by Crippen LogP contribution is 2.46. The first-order valence-electron chi connectivity index (χ1n) is 9.40. The number of benzene rings is 1. The fraction of sp³-hybridized carbons (Fsp3) is 0.429. The fourth-order valence-corrected chi connectivity index (χ4v) is 4.34. The minimum atomic E-state index is -4.52. The quantitative estimate of drug-likeness (QED) is 0.827. The fourth-order valence-electron chi connectivity index (χ4n) is 4.34. The molecule has 0 aliphatic heterocycles. The molecule has 0 spiro atoms. The maximum Gasteiger partial charge on any atom is 0.416 e. The minimum absolute atomic E-state index is 0.0306. The number of alkyl halides is 3. The number of carbonyl (C=O) groups excluding carboxylic acids is 2. The van der Waals surface area contributed by atoms with E-state index < -0.39 is 17.6 Å². The normalized spacial score (nSPS) is 26.3. The van der Waals surface area contributed by atoms with E-state index in [0.717, 1.165) is 43.9 Å². The SMILES string of the molecule is O=C1C=C(NC(=O)c2ccc(C(F)(F)F)cc2OC2CC3CCC2C3)C=CC1. The van der Waals surface area contributed by atoms with Gasteiger partial charge in [-0.25, -0.2) is 0 Å². The molecular weight excluding hydrogens is 371 g/mol. The van der Waals surface area contributed by atoms with Crippen molar-refractivity contribution in [3.63, 3.8) is 0 Å². The lowest BCUT2D eigenvalue weighted by Gasteiger charge is -2.25. The highest BCUT2D eigenvalue weighted by atomic mass is 19.4. The van der Waals surface area contributed by atoms with E-state index in [-0.39, 0.29) is 29.6 Å². The molecule has 0 saturated heterocycles. The van der Waals surface area contributed by atoms with Gasteiger partial charge in [0.05, 0.1) is 11.1 Å².